The maximum Gasteiger partial charge on any atom is 0.126 e. The summed E-state index contributed by atoms with van der Waals surface area (Å²) in [5, 5.41) is 3.50. The van der Waals surface area contributed by atoms with Crippen molar-refractivity contribution in [2.75, 3.05) is 18.0 Å². The van der Waals surface area contributed by atoms with Crippen molar-refractivity contribution in [1.82, 2.24) is 5.32 Å². The van der Waals surface area contributed by atoms with Crippen LogP contribution in [0.15, 0.2) is 12.1 Å². The number of halogens is 1. The maximum absolute atomic E-state index is 14.1. The van der Waals surface area contributed by atoms with Gasteiger partial charge in [0, 0.05) is 24.3 Å². The summed E-state index contributed by atoms with van der Waals surface area (Å²) >= 11 is 0. The third-order valence-electron chi connectivity index (χ3n) is 4.24. The second-order valence-corrected chi connectivity index (χ2v) is 6.26. The van der Waals surface area contributed by atoms with Gasteiger partial charge in [-0.25, -0.2) is 4.39 Å². The Morgan fingerprint density at radius 3 is 2.57 bits per heavy atom. The summed E-state index contributed by atoms with van der Waals surface area (Å²) in [6.45, 7) is 10.4. The van der Waals surface area contributed by atoms with Crippen molar-refractivity contribution in [2.45, 2.75) is 65.5 Å². The van der Waals surface area contributed by atoms with Gasteiger partial charge in [0.15, 0.2) is 0 Å². The largest absolute Gasteiger partial charge is 0.368 e. The second-order valence-electron chi connectivity index (χ2n) is 6.26. The van der Waals surface area contributed by atoms with Crippen molar-refractivity contribution in [1.29, 1.82) is 0 Å². The Morgan fingerprint density at radius 2 is 2.00 bits per heavy atom. The zero-order valence-electron chi connectivity index (χ0n) is 13.9. The molecule has 0 saturated heterocycles. The summed E-state index contributed by atoms with van der Waals surface area (Å²) in [6.07, 6.45) is 4.76. The molecule has 1 aliphatic rings. The van der Waals surface area contributed by atoms with Gasteiger partial charge in [-0.1, -0.05) is 13.8 Å². The number of nitrogens with one attached hydrogen (secondary N) is 1. The molecule has 0 amide bonds. The molecule has 1 saturated carbocycles. The molecule has 1 unspecified atom stereocenters. The predicted molar refractivity (Wildman–Crippen MR) is 88.5 cm³/mol. The molecule has 1 atom stereocenters. The van der Waals surface area contributed by atoms with Crippen LogP contribution < -0.4 is 10.2 Å². The lowest BCUT2D eigenvalue weighted by Gasteiger charge is -2.29. The van der Waals surface area contributed by atoms with Gasteiger partial charge in [-0.2, -0.15) is 0 Å². The molecule has 1 aromatic carbocycles. The highest BCUT2D eigenvalue weighted by Gasteiger charge is 2.31. The van der Waals surface area contributed by atoms with Gasteiger partial charge < -0.3 is 10.2 Å². The minimum absolute atomic E-state index is 0.0915. The minimum atomic E-state index is -0.0915. The van der Waals surface area contributed by atoms with E-state index in [1.54, 1.807) is 6.07 Å². The predicted octanol–water partition coefficient (Wildman–Crippen LogP) is 4.57. The van der Waals surface area contributed by atoms with Crippen LogP contribution in [0.4, 0.5) is 10.1 Å². The number of hydrogen-bond acceptors (Lipinski definition) is 2. The van der Waals surface area contributed by atoms with Gasteiger partial charge >= 0.3 is 0 Å². The average Bonchev–Trinajstić information content (AvgIpc) is 3.29. The van der Waals surface area contributed by atoms with E-state index in [4.69, 9.17) is 0 Å². The summed E-state index contributed by atoms with van der Waals surface area (Å²) < 4.78 is 14.1. The van der Waals surface area contributed by atoms with Crippen molar-refractivity contribution in [2.24, 2.45) is 0 Å². The maximum atomic E-state index is 14.1. The smallest absolute Gasteiger partial charge is 0.126 e. The van der Waals surface area contributed by atoms with E-state index in [9.17, 15) is 4.39 Å². The van der Waals surface area contributed by atoms with Gasteiger partial charge in [0.1, 0.15) is 5.82 Å². The molecule has 0 aliphatic heterocycles. The molecule has 0 radical (unpaired) electrons. The molecule has 2 rings (SSSR count). The molecule has 21 heavy (non-hydrogen) atoms. The van der Waals surface area contributed by atoms with Crippen molar-refractivity contribution < 1.29 is 4.39 Å². The molecule has 1 N–H and O–H groups in total. The summed E-state index contributed by atoms with van der Waals surface area (Å²) in [5.74, 6) is -0.0915. The van der Waals surface area contributed by atoms with Crippen LogP contribution in [0.25, 0.3) is 0 Å². The van der Waals surface area contributed by atoms with Crippen LogP contribution in [0, 0.1) is 12.7 Å². The van der Waals surface area contributed by atoms with Crippen LogP contribution >= 0.6 is 0 Å². The van der Waals surface area contributed by atoms with E-state index in [1.807, 2.05) is 13.0 Å². The molecule has 0 spiro atoms. The van der Waals surface area contributed by atoms with E-state index in [-0.39, 0.29) is 11.9 Å². The molecule has 0 bridgehead atoms. The Bertz CT molecular complexity index is 469. The lowest BCUT2D eigenvalue weighted by atomic mass is 10.0. The van der Waals surface area contributed by atoms with Crippen molar-refractivity contribution in [3.63, 3.8) is 0 Å². The fourth-order valence-corrected chi connectivity index (χ4v) is 2.87. The first-order chi connectivity index (χ1) is 10.1. The molecule has 2 nitrogen and oxygen atoms in total. The monoisotopic (exact) mass is 292 g/mol. The Kier molecular flexibility index (Phi) is 5.63. The first kappa shape index (κ1) is 16.3. The molecule has 1 aliphatic carbocycles. The number of aryl methyl sites for hydroxylation is 1. The number of hydrogen-bond donors (Lipinski definition) is 1. The Labute approximate surface area is 128 Å². The number of anilines is 1. The van der Waals surface area contributed by atoms with E-state index >= 15 is 0 Å². The van der Waals surface area contributed by atoms with Gasteiger partial charge in [0.25, 0.3) is 0 Å². The average molecular weight is 292 g/mol. The Balaban J connectivity index is 2.34. The van der Waals surface area contributed by atoms with Gasteiger partial charge in [0.05, 0.1) is 0 Å². The molecule has 1 fully saturated rings. The first-order valence-corrected chi connectivity index (χ1v) is 8.38. The quantitative estimate of drug-likeness (QED) is 0.755. The summed E-state index contributed by atoms with van der Waals surface area (Å²) in [5.41, 5.74) is 3.08. The summed E-state index contributed by atoms with van der Waals surface area (Å²) in [6, 6.07) is 4.63. The van der Waals surface area contributed by atoms with Gasteiger partial charge in [0.2, 0.25) is 0 Å². The molecule has 3 heteroatoms. The van der Waals surface area contributed by atoms with Crippen LogP contribution in [-0.4, -0.2) is 19.1 Å². The highest BCUT2D eigenvalue weighted by atomic mass is 19.1. The Morgan fingerprint density at radius 1 is 1.29 bits per heavy atom. The third-order valence-corrected chi connectivity index (χ3v) is 4.24. The summed E-state index contributed by atoms with van der Waals surface area (Å²) in [4.78, 5) is 2.49. The number of rotatable bonds is 8. The zero-order valence-corrected chi connectivity index (χ0v) is 13.9. The highest BCUT2D eigenvalue weighted by molar-refractivity contribution is 5.58. The van der Waals surface area contributed by atoms with Crippen molar-refractivity contribution >= 4 is 5.69 Å². The molecule has 0 aromatic heterocycles. The zero-order chi connectivity index (χ0) is 15.4. The second kappa shape index (κ2) is 7.26. The first-order valence-electron chi connectivity index (χ1n) is 8.38. The number of benzene rings is 1. The van der Waals surface area contributed by atoms with E-state index in [2.05, 4.69) is 31.0 Å². The van der Waals surface area contributed by atoms with E-state index in [0.717, 1.165) is 37.1 Å². The normalized spacial score (nSPS) is 16.0. The molecular formula is C18H29FN2. The molecule has 0 heterocycles. The van der Waals surface area contributed by atoms with Crippen LogP contribution in [0.2, 0.25) is 0 Å². The molecular weight excluding hydrogens is 263 g/mol. The molecule has 118 valence electrons. The van der Waals surface area contributed by atoms with Crippen LogP contribution in [0.5, 0.6) is 0 Å². The standard InChI is InChI=1S/C18H29FN2/c1-5-9-20-14(4)16-12-17(19)13(3)11-18(16)21(10-6-2)15-7-8-15/h11-12,14-15,20H,5-10H2,1-4H3. The Hall–Kier alpha value is -1.09. The van der Waals surface area contributed by atoms with E-state index in [1.165, 1.54) is 18.5 Å². The molecule has 1 aromatic rings. The topological polar surface area (TPSA) is 15.3 Å². The van der Waals surface area contributed by atoms with Crippen LogP contribution in [0.1, 0.15) is 63.6 Å². The third kappa shape index (κ3) is 3.97. The van der Waals surface area contributed by atoms with Crippen molar-refractivity contribution in [3.8, 4) is 0 Å². The minimum Gasteiger partial charge on any atom is -0.368 e. The lowest BCUT2D eigenvalue weighted by Crippen LogP contribution is -2.30. The van der Waals surface area contributed by atoms with E-state index in [0.29, 0.717) is 6.04 Å². The fourth-order valence-electron chi connectivity index (χ4n) is 2.87. The lowest BCUT2D eigenvalue weighted by molar-refractivity contribution is 0.558. The van der Waals surface area contributed by atoms with Crippen LogP contribution in [0.3, 0.4) is 0 Å². The highest BCUT2D eigenvalue weighted by Crippen LogP contribution is 2.37. The van der Waals surface area contributed by atoms with E-state index < -0.39 is 0 Å². The SMILES string of the molecule is CCCNC(C)c1cc(F)c(C)cc1N(CCC)C1CC1. The summed E-state index contributed by atoms with van der Waals surface area (Å²) in [7, 11) is 0. The number of nitrogens with zero attached hydrogens (tertiary/aromatic N) is 1. The fraction of sp³-hybridized carbons (Fsp3) is 0.667. The van der Waals surface area contributed by atoms with Gasteiger partial charge in [-0.3, -0.25) is 0 Å². The van der Waals surface area contributed by atoms with Gasteiger partial charge in [-0.15, -0.1) is 0 Å². The van der Waals surface area contributed by atoms with Crippen LogP contribution in [-0.2, 0) is 0 Å². The van der Waals surface area contributed by atoms with Gasteiger partial charge in [-0.05, 0) is 69.3 Å². The van der Waals surface area contributed by atoms with Crippen molar-refractivity contribution in [3.05, 3.63) is 29.1 Å².